The Labute approximate surface area is 176 Å². The molecule has 0 amide bonds. The summed E-state index contributed by atoms with van der Waals surface area (Å²) >= 11 is 0. The minimum absolute atomic E-state index is 0.00650. The van der Waals surface area contributed by atoms with Crippen molar-refractivity contribution in [3.63, 3.8) is 0 Å². The van der Waals surface area contributed by atoms with E-state index in [2.05, 4.69) is 15.2 Å². The molecule has 1 aliphatic heterocycles. The number of hydrogen-bond donors (Lipinski definition) is 3. The minimum Gasteiger partial charge on any atom is -0.508 e. The van der Waals surface area contributed by atoms with Crippen molar-refractivity contribution in [3.8, 4) is 11.5 Å². The number of hydrogen-bond acceptors (Lipinski definition) is 8. The highest BCUT2D eigenvalue weighted by molar-refractivity contribution is 5.90. The van der Waals surface area contributed by atoms with E-state index < -0.39 is 6.10 Å². The zero-order valence-electron chi connectivity index (χ0n) is 17.2. The van der Waals surface area contributed by atoms with Gasteiger partial charge < -0.3 is 24.6 Å². The third kappa shape index (κ3) is 6.08. The van der Waals surface area contributed by atoms with Gasteiger partial charge in [-0.15, -0.1) is 0 Å². The number of phenolic OH excluding ortho intramolecular Hbond substituents is 1. The van der Waals surface area contributed by atoms with E-state index in [1.807, 2.05) is 0 Å². The highest BCUT2D eigenvalue weighted by Crippen LogP contribution is 2.23. The number of aliphatic hydroxyl groups excluding tert-OH is 1. The Hall–Kier alpha value is -2.84. The molecule has 1 fully saturated rings. The summed E-state index contributed by atoms with van der Waals surface area (Å²) in [4.78, 5) is 18.6. The van der Waals surface area contributed by atoms with Crippen molar-refractivity contribution in [3.05, 3.63) is 48.2 Å². The highest BCUT2D eigenvalue weighted by atomic mass is 16.5. The number of carbonyl (C=O) groups is 1. The van der Waals surface area contributed by atoms with Crippen LogP contribution >= 0.6 is 0 Å². The predicted octanol–water partition coefficient (Wildman–Crippen LogP) is 2.31. The van der Waals surface area contributed by atoms with Gasteiger partial charge in [0, 0.05) is 19.3 Å². The number of esters is 1. The summed E-state index contributed by atoms with van der Waals surface area (Å²) in [5.74, 6) is 1.12. The van der Waals surface area contributed by atoms with Crippen LogP contribution in [0.25, 0.3) is 0 Å². The minimum atomic E-state index is -0.693. The fraction of sp³-hybridized carbons (Fsp3) is 0.455. The number of phenols is 1. The van der Waals surface area contributed by atoms with Gasteiger partial charge in [0.25, 0.3) is 0 Å². The fourth-order valence-corrected chi connectivity index (χ4v) is 3.40. The molecule has 2 heterocycles. The Morgan fingerprint density at radius 2 is 2.10 bits per heavy atom. The molecule has 1 aliphatic rings. The molecule has 2 unspecified atom stereocenters. The molecule has 2 aromatic rings. The summed E-state index contributed by atoms with van der Waals surface area (Å²) in [6.45, 7) is 3.42. The van der Waals surface area contributed by atoms with Gasteiger partial charge in [0.2, 0.25) is 0 Å². The molecular weight excluding hydrogens is 386 g/mol. The van der Waals surface area contributed by atoms with Crippen LogP contribution in [0.1, 0.15) is 36.5 Å². The number of benzene rings is 1. The van der Waals surface area contributed by atoms with Crippen LogP contribution in [0, 0.1) is 0 Å². The van der Waals surface area contributed by atoms with Crippen molar-refractivity contribution in [1.29, 1.82) is 0 Å². The Bertz CT molecular complexity index is 815. The van der Waals surface area contributed by atoms with E-state index in [-0.39, 0.29) is 24.5 Å². The van der Waals surface area contributed by atoms with Gasteiger partial charge in [-0.2, -0.15) is 0 Å². The molecule has 3 N–H and O–H groups in total. The third-order valence-electron chi connectivity index (χ3n) is 4.92. The molecule has 0 saturated carbocycles. The largest absolute Gasteiger partial charge is 0.508 e. The number of nitrogens with one attached hydrogen (secondary N) is 1. The maximum atomic E-state index is 12.0. The number of rotatable bonds is 9. The van der Waals surface area contributed by atoms with Crippen LogP contribution in [0.4, 0.5) is 5.82 Å². The second-order valence-corrected chi connectivity index (χ2v) is 7.20. The van der Waals surface area contributed by atoms with Crippen LogP contribution in [0.5, 0.6) is 11.5 Å². The van der Waals surface area contributed by atoms with Crippen LogP contribution < -0.4 is 15.0 Å². The van der Waals surface area contributed by atoms with E-state index in [1.54, 1.807) is 37.4 Å². The van der Waals surface area contributed by atoms with Gasteiger partial charge in [0.05, 0.1) is 18.3 Å². The molecule has 0 spiro atoms. The van der Waals surface area contributed by atoms with Crippen molar-refractivity contribution >= 4 is 11.8 Å². The van der Waals surface area contributed by atoms with Gasteiger partial charge in [-0.1, -0.05) is 0 Å². The lowest BCUT2D eigenvalue weighted by atomic mass is 10.1. The summed E-state index contributed by atoms with van der Waals surface area (Å²) in [5.41, 5.74) is 0.480. The molecule has 0 bridgehead atoms. The van der Waals surface area contributed by atoms with Crippen molar-refractivity contribution < 1.29 is 24.5 Å². The molecule has 8 nitrogen and oxygen atoms in total. The summed E-state index contributed by atoms with van der Waals surface area (Å²) in [6, 6.07) is 9.79. The maximum Gasteiger partial charge on any atom is 0.338 e. The van der Waals surface area contributed by atoms with Crippen molar-refractivity contribution in [2.45, 2.75) is 38.5 Å². The Balaban J connectivity index is 1.56. The molecule has 2 atom stereocenters. The van der Waals surface area contributed by atoms with E-state index in [9.17, 15) is 15.0 Å². The fourth-order valence-electron chi connectivity index (χ4n) is 3.40. The van der Waals surface area contributed by atoms with Crippen LogP contribution in [0.3, 0.4) is 0 Å². The van der Waals surface area contributed by atoms with E-state index in [0.29, 0.717) is 30.3 Å². The first-order chi connectivity index (χ1) is 14.6. The molecule has 0 aliphatic carbocycles. The molecule has 30 heavy (non-hydrogen) atoms. The molecule has 1 aromatic heterocycles. The second-order valence-electron chi connectivity index (χ2n) is 7.20. The monoisotopic (exact) mass is 415 g/mol. The summed E-state index contributed by atoms with van der Waals surface area (Å²) in [5, 5.41) is 23.0. The number of nitrogens with zero attached hydrogens (tertiary/aromatic N) is 2. The van der Waals surface area contributed by atoms with Gasteiger partial charge in [0.1, 0.15) is 30.0 Å². The lowest BCUT2D eigenvalue weighted by molar-refractivity contribution is 0.0526. The lowest BCUT2D eigenvalue weighted by Crippen LogP contribution is -2.51. The van der Waals surface area contributed by atoms with Crippen molar-refractivity contribution in [1.82, 2.24) is 10.3 Å². The average Bonchev–Trinajstić information content (AvgIpc) is 2.78. The zero-order valence-corrected chi connectivity index (χ0v) is 17.2. The molecule has 1 aromatic carbocycles. The third-order valence-corrected chi connectivity index (χ3v) is 4.92. The quantitative estimate of drug-likeness (QED) is 0.536. The van der Waals surface area contributed by atoms with Gasteiger partial charge in [-0.3, -0.25) is 5.32 Å². The predicted molar refractivity (Wildman–Crippen MR) is 113 cm³/mol. The summed E-state index contributed by atoms with van der Waals surface area (Å²) in [7, 11) is 0. The molecule has 1 saturated heterocycles. The highest BCUT2D eigenvalue weighted by Gasteiger charge is 2.24. The summed E-state index contributed by atoms with van der Waals surface area (Å²) in [6.07, 6.45) is 3.96. The van der Waals surface area contributed by atoms with Crippen LogP contribution in [-0.4, -0.2) is 59.7 Å². The van der Waals surface area contributed by atoms with E-state index in [4.69, 9.17) is 9.47 Å². The standard InChI is InChI=1S/C22H29N3O5/c1-2-29-22(28)16-10-11-23-21(13-16)25-12-4-3-5-20(25)24-14-18(27)15-30-19-8-6-17(26)7-9-19/h6-11,13,18,20,24,26-27H,2-5,12,14-15H2,1H3. The number of aliphatic hydroxyl groups is 1. The Morgan fingerprint density at radius 1 is 1.30 bits per heavy atom. The van der Waals surface area contributed by atoms with E-state index >= 15 is 0 Å². The first-order valence-corrected chi connectivity index (χ1v) is 10.3. The Kier molecular flexibility index (Phi) is 7.87. The molecule has 162 valence electrons. The number of anilines is 1. The van der Waals surface area contributed by atoms with Gasteiger partial charge in [-0.25, -0.2) is 9.78 Å². The number of ether oxygens (including phenoxy) is 2. The number of pyridine rings is 1. The van der Waals surface area contributed by atoms with E-state index in [1.165, 1.54) is 12.1 Å². The molecule has 0 radical (unpaired) electrons. The number of carbonyl (C=O) groups excluding carboxylic acids is 1. The van der Waals surface area contributed by atoms with E-state index in [0.717, 1.165) is 25.8 Å². The lowest BCUT2D eigenvalue weighted by Gasteiger charge is -2.37. The first kappa shape index (κ1) is 21.9. The van der Waals surface area contributed by atoms with Crippen molar-refractivity contribution in [2.24, 2.45) is 0 Å². The average molecular weight is 415 g/mol. The normalized spacial score (nSPS) is 17.4. The van der Waals surface area contributed by atoms with Crippen molar-refractivity contribution in [2.75, 3.05) is 31.2 Å². The molecule has 3 rings (SSSR count). The second kappa shape index (κ2) is 10.8. The number of aromatic nitrogens is 1. The zero-order chi connectivity index (χ0) is 21.3. The first-order valence-electron chi connectivity index (χ1n) is 10.3. The van der Waals surface area contributed by atoms with Gasteiger partial charge in [0.15, 0.2) is 0 Å². The van der Waals surface area contributed by atoms with Crippen LogP contribution in [0.15, 0.2) is 42.6 Å². The molecular formula is C22H29N3O5. The molecule has 8 heteroatoms. The number of aromatic hydroxyl groups is 1. The van der Waals surface area contributed by atoms with Gasteiger partial charge in [-0.05, 0) is 62.6 Å². The van der Waals surface area contributed by atoms with Gasteiger partial charge >= 0.3 is 5.97 Å². The smallest absolute Gasteiger partial charge is 0.338 e. The summed E-state index contributed by atoms with van der Waals surface area (Å²) < 4.78 is 10.6. The topological polar surface area (TPSA) is 104 Å². The Morgan fingerprint density at radius 3 is 2.87 bits per heavy atom. The SMILES string of the molecule is CCOC(=O)c1ccnc(N2CCCCC2NCC(O)COc2ccc(O)cc2)c1. The maximum absolute atomic E-state index is 12.0. The van der Waals surface area contributed by atoms with Crippen LogP contribution in [0.2, 0.25) is 0 Å². The van der Waals surface area contributed by atoms with Crippen LogP contribution in [-0.2, 0) is 4.74 Å². The number of piperidine rings is 1.